The summed E-state index contributed by atoms with van der Waals surface area (Å²) in [5, 5.41) is 14.2. The van der Waals surface area contributed by atoms with Gasteiger partial charge in [-0.3, -0.25) is 14.5 Å². The molecule has 9 nitrogen and oxygen atoms in total. The largest absolute Gasteiger partial charge is 0.481 e. The Labute approximate surface area is 241 Å². The number of fused-ring (bicyclic) bond motifs is 1. The van der Waals surface area contributed by atoms with E-state index in [-0.39, 0.29) is 22.6 Å². The van der Waals surface area contributed by atoms with Crippen LogP contribution in [0.4, 0.5) is 5.69 Å². The number of aryl methyl sites for hydroxylation is 1. The molecule has 3 aliphatic heterocycles. The van der Waals surface area contributed by atoms with Gasteiger partial charge in [0.1, 0.15) is 0 Å². The zero-order chi connectivity index (χ0) is 28.6. The van der Waals surface area contributed by atoms with Gasteiger partial charge in [-0.15, -0.1) is 5.10 Å². The van der Waals surface area contributed by atoms with Gasteiger partial charge in [0.05, 0.1) is 17.3 Å². The summed E-state index contributed by atoms with van der Waals surface area (Å²) in [6, 6.07) is 13.3. The fourth-order valence-electron chi connectivity index (χ4n) is 7.93. The van der Waals surface area contributed by atoms with Crippen molar-refractivity contribution in [2.45, 2.75) is 64.3 Å². The Morgan fingerprint density at radius 1 is 0.976 bits per heavy atom. The van der Waals surface area contributed by atoms with Gasteiger partial charge < -0.3 is 14.9 Å². The number of carbonyl (C=O) groups is 2. The summed E-state index contributed by atoms with van der Waals surface area (Å²) in [4.78, 5) is 36.6. The Balaban J connectivity index is 1.03. The molecule has 1 amide bonds. The molecule has 3 aromatic rings. The van der Waals surface area contributed by atoms with E-state index in [2.05, 4.69) is 63.2 Å². The number of hydrogen-bond acceptors (Lipinski definition) is 6. The summed E-state index contributed by atoms with van der Waals surface area (Å²) in [6.45, 7) is 11.5. The van der Waals surface area contributed by atoms with Crippen LogP contribution >= 0.6 is 0 Å². The lowest BCUT2D eigenvalue weighted by atomic mass is 9.66. The van der Waals surface area contributed by atoms with Crippen molar-refractivity contribution >= 4 is 23.2 Å². The third-order valence-corrected chi connectivity index (χ3v) is 10.7. The second kappa shape index (κ2) is 9.28. The van der Waals surface area contributed by atoms with Crippen LogP contribution in [0.3, 0.4) is 0 Å². The highest BCUT2D eigenvalue weighted by Gasteiger charge is 2.53. The summed E-state index contributed by atoms with van der Waals surface area (Å²) >= 11 is 0. The van der Waals surface area contributed by atoms with Gasteiger partial charge in [0.15, 0.2) is 5.65 Å². The number of carboxylic acid groups (broad SMARTS) is 1. The molecule has 2 aromatic heterocycles. The van der Waals surface area contributed by atoms with Crippen molar-refractivity contribution in [1.29, 1.82) is 0 Å². The number of benzene rings is 1. The molecule has 0 radical (unpaired) electrons. The van der Waals surface area contributed by atoms with Crippen LogP contribution in [0, 0.1) is 17.8 Å². The highest BCUT2D eigenvalue weighted by atomic mass is 16.4. The number of likely N-dealkylation sites (tertiary alicyclic amines) is 2. The van der Waals surface area contributed by atoms with Crippen molar-refractivity contribution in [3.8, 4) is 0 Å². The van der Waals surface area contributed by atoms with Crippen molar-refractivity contribution in [1.82, 2.24) is 24.4 Å². The van der Waals surface area contributed by atoms with Crippen LogP contribution in [0.5, 0.6) is 0 Å². The molecule has 4 aliphatic rings. The topological polar surface area (TPSA) is 94.3 Å². The van der Waals surface area contributed by atoms with Crippen molar-refractivity contribution in [2.75, 3.05) is 44.2 Å². The number of nitrogens with zero attached hydrogens (tertiary/aromatic N) is 6. The zero-order valence-corrected chi connectivity index (χ0v) is 24.3. The van der Waals surface area contributed by atoms with E-state index in [0.717, 1.165) is 88.3 Å². The van der Waals surface area contributed by atoms with Crippen LogP contribution in [-0.2, 0) is 10.2 Å². The molecule has 1 aliphatic carbocycles. The average molecular weight is 557 g/mol. The molecule has 0 unspecified atom stereocenters. The maximum Gasteiger partial charge on any atom is 0.309 e. The molecule has 1 N–H and O–H groups in total. The second-order valence-corrected chi connectivity index (χ2v) is 13.8. The number of hydrogen-bond donors (Lipinski definition) is 1. The lowest BCUT2D eigenvalue weighted by Gasteiger charge is -2.46. The summed E-state index contributed by atoms with van der Waals surface area (Å²) in [6.07, 6.45) is 6.57. The van der Waals surface area contributed by atoms with E-state index >= 15 is 0 Å². The van der Waals surface area contributed by atoms with Crippen LogP contribution in [0.15, 0.2) is 42.6 Å². The van der Waals surface area contributed by atoms with E-state index in [0.29, 0.717) is 6.04 Å². The minimum Gasteiger partial charge on any atom is -0.481 e. The summed E-state index contributed by atoms with van der Waals surface area (Å²) in [7, 11) is 0. The van der Waals surface area contributed by atoms with Gasteiger partial charge in [0.25, 0.3) is 5.91 Å². The summed E-state index contributed by atoms with van der Waals surface area (Å²) < 4.78 is 1.79. The Bertz CT molecular complexity index is 1510. The van der Waals surface area contributed by atoms with Gasteiger partial charge >= 0.3 is 5.97 Å². The van der Waals surface area contributed by atoms with Crippen LogP contribution in [0.2, 0.25) is 0 Å². The van der Waals surface area contributed by atoms with Gasteiger partial charge in [0, 0.05) is 49.6 Å². The van der Waals surface area contributed by atoms with Crippen LogP contribution in [0.1, 0.15) is 67.7 Å². The van der Waals surface area contributed by atoms with Gasteiger partial charge in [-0.25, -0.2) is 9.50 Å². The molecule has 1 saturated carbocycles. The molecule has 5 heterocycles. The summed E-state index contributed by atoms with van der Waals surface area (Å²) in [5.41, 5.74) is 3.84. The number of aliphatic carboxylic acids is 1. The average Bonchev–Trinajstić information content (AvgIpc) is 3.74. The molecular weight excluding hydrogens is 516 g/mol. The molecule has 2 atom stereocenters. The second-order valence-electron chi connectivity index (χ2n) is 13.8. The standard InChI is InChI=1S/C32H40N6O3/c1-22-15-24(35-12-9-30(2,19-35)23-7-5-4-6-8-23)18-38-27(22)33-26(34-38)28(39)37-14-11-32(21-37)10-13-36(20-32)25-16-31(3,17-25)29(40)41/h4-8,15,18,25H,9-14,16-17,19-21H2,1-3H3,(H,40,41)/t25?,30-,31?,32+/m0/s1. The smallest absolute Gasteiger partial charge is 0.309 e. The van der Waals surface area contributed by atoms with Crippen molar-refractivity contribution in [2.24, 2.45) is 10.8 Å². The van der Waals surface area contributed by atoms with Crippen LogP contribution < -0.4 is 4.90 Å². The molecule has 3 saturated heterocycles. The first-order valence-corrected chi connectivity index (χ1v) is 15.0. The van der Waals surface area contributed by atoms with E-state index < -0.39 is 11.4 Å². The number of amides is 1. The fraction of sp³-hybridized carbons (Fsp3) is 0.562. The number of anilines is 1. The van der Waals surface area contributed by atoms with E-state index in [1.54, 1.807) is 4.52 Å². The highest BCUT2D eigenvalue weighted by molar-refractivity contribution is 5.91. The SMILES string of the molecule is Cc1cc(N2CC[C@](C)(c3ccccc3)C2)cn2nc(C(=O)N3CC[C@@]4(CCN(C5CC(C)(C(=O)O)C5)C4)C3)nc12. The fourth-order valence-corrected chi connectivity index (χ4v) is 7.93. The van der Waals surface area contributed by atoms with Crippen molar-refractivity contribution in [3.05, 3.63) is 59.5 Å². The predicted octanol–water partition coefficient (Wildman–Crippen LogP) is 4.00. The molecular formula is C32H40N6O3. The molecule has 216 valence electrons. The molecule has 1 aromatic carbocycles. The Morgan fingerprint density at radius 2 is 1.73 bits per heavy atom. The number of aromatic nitrogens is 3. The van der Waals surface area contributed by atoms with Crippen LogP contribution in [0.25, 0.3) is 5.65 Å². The van der Waals surface area contributed by atoms with E-state index in [1.807, 2.05) is 24.9 Å². The highest BCUT2D eigenvalue weighted by Crippen LogP contribution is 2.48. The molecule has 1 spiro atoms. The molecule has 4 fully saturated rings. The normalized spacial score (nSPS) is 31.8. The Hall–Kier alpha value is -3.46. The number of carboxylic acids is 1. The maximum atomic E-state index is 13.6. The molecule has 9 heteroatoms. The lowest BCUT2D eigenvalue weighted by molar-refractivity contribution is -0.157. The first-order valence-electron chi connectivity index (χ1n) is 15.0. The predicted molar refractivity (Wildman–Crippen MR) is 156 cm³/mol. The molecule has 41 heavy (non-hydrogen) atoms. The Kier molecular flexibility index (Phi) is 5.98. The minimum absolute atomic E-state index is 0.0915. The first kappa shape index (κ1) is 26.4. The van der Waals surface area contributed by atoms with E-state index in [9.17, 15) is 14.7 Å². The van der Waals surface area contributed by atoms with Crippen molar-refractivity contribution in [3.63, 3.8) is 0 Å². The monoisotopic (exact) mass is 556 g/mol. The van der Waals surface area contributed by atoms with E-state index in [1.165, 1.54) is 5.56 Å². The van der Waals surface area contributed by atoms with Crippen molar-refractivity contribution < 1.29 is 14.7 Å². The molecule has 7 rings (SSSR count). The third kappa shape index (κ3) is 4.40. The maximum absolute atomic E-state index is 13.6. The van der Waals surface area contributed by atoms with Gasteiger partial charge in [-0.05, 0) is 69.7 Å². The third-order valence-electron chi connectivity index (χ3n) is 10.7. The molecule has 0 bridgehead atoms. The summed E-state index contributed by atoms with van der Waals surface area (Å²) in [5.74, 6) is -0.512. The van der Waals surface area contributed by atoms with Gasteiger partial charge in [-0.1, -0.05) is 37.3 Å². The van der Waals surface area contributed by atoms with Gasteiger partial charge in [0.2, 0.25) is 5.82 Å². The number of pyridine rings is 1. The zero-order valence-electron chi connectivity index (χ0n) is 24.3. The quantitative estimate of drug-likeness (QED) is 0.508. The lowest BCUT2D eigenvalue weighted by Crippen LogP contribution is -2.52. The van der Waals surface area contributed by atoms with Crippen LogP contribution in [-0.4, -0.2) is 86.7 Å². The number of rotatable bonds is 5. The first-order chi connectivity index (χ1) is 19.6. The Morgan fingerprint density at radius 3 is 2.49 bits per heavy atom. The number of carbonyl (C=O) groups excluding carboxylic acids is 1. The minimum atomic E-state index is -0.686. The van der Waals surface area contributed by atoms with E-state index in [4.69, 9.17) is 0 Å². The van der Waals surface area contributed by atoms with Gasteiger partial charge in [-0.2, -0.15) is 0 Å².